The summed E-state index contributed by atoms with van der Waals surface area (Å²) < 4.78 is 5.10. The first kappa shape index (κ1) is 13.9. The molecule has 2 rings (SSSR count). The maximum Gasteiger partial charge on any atom is 0.251 e. The van der Waals surface area contributed by atoms with Crippen molar-refractivity contribution in [3.8, 4) is 5.75 Å². The van der Waals surface area contributed by atoms with Gasteiger partial charge in [-0.3, -0.25) is 4.79 Å². The highest BCUT2D eigenvalue weighted by Gasteiger charge is 2.04. The van der Waals surface area contributed by atoms with Crippen molar-refractivity contribution in [2.24, 2.45) is 0 Å². The molecule has 0 spiro atoms. The number of methoxy groups -OCH3 is 1. The third-order valence-electron chi connectivity index (χ3n) is 2.93. The van der Waals surface area contributed by atoms with E-state index in [0.717, 1.165) is 17.7 Å². The highest BCUT2D eigenvalue weighted by atomic mass is 16.5. The normalized spacial score (nSPS) is 10.1. The summed E-state index contributed by atoms with van der Waals surface area (Å²) in [5.41, 5.74) is 7.83. The third-order valence-corrected chi connectivity index (χ3v) is 2.93. The van der Waals surface area contributed by atoms with Crippen molar-refractivity contribution in [3.63, 3.8) is 0 Å². The van der Waals surface area contributed by atoms with Gasteiger partial charge >= 0.3 is 0 Å². The molecule has 0 heterocycles. The second kappa shape index (κ2) is 6.61. The molecule has 0 unspecified atom stereocenters. The van der Waals surface area contributed by atoms with E-state index in [4.69, 9.17) is 10.5 Å². The zero-order valence-electron chi connectivity index (χ0n) is 11.3. The number of nitrogens with one attached hydrogen (secondary N) is 1. The minimum atomic E-state index is -0.137. The number of anilines is 1. The number of ether oxygens (including phenoxy) is 1. The second-order valence-corrected chi connectivity index (χ2v) is 4.41. The SMILES string of the molecule is COc1ccc(CCNC(=O)c2c[c]cc(N)c2)cc1. The van der Waals surface area contributed by atoms with Crippen LogP contribution < -0.4 is 15.8 Å². The lowest BCUT2D eigenvalue weighted by molar-refractivity contribution is 0.0954. The fraction of sp³-hybridized carbons (Fsp3) is 0.188. The van der Waals surface area contributed by atoms with Gasteiger partial charge in [-0.1, -0.05) is 12.1 Å². The summed E-state index contributed by atoms with van der Waals surface area (Å²) in [5, 5.41) is 2.86. The van der Waals surface area contributed by atoms with Crippen molar-refractivity contribution in [2.75, 3.05) is 19.4 Å². The molecule has 0 aliphatic carbocycles. The Morgan fingerprint density at radius 1 is 1.30 bits per heavy atom. The van der Waals surface area contributed by atoms with E-state index in [1.54, 1.807) is 25.3 Å². The van der Waals surface area contributed by atoms with Crippen LogP contribution in [0, 0.1) is 6.07 Å². The van der Waals surface area contributed by atoms with E-state index in [1.807, 2.05) is 24.3 Å². The second-order valence-electron chi connectivity index (χ2n) is 4.41. The Morgan fingerprint density at radius 3 is 2.70 bits per heavy atom. The van der Waals surface area contributed by atoms with E-state index in [-0.39, 0.29) is 5.91 Å². The van der Waals surface area contributed by atoms with Gasteiger partial charge in [-0.15, -0.1) is 0 Å². The van der Waals surface area contributed by atoms with Crippen LogP contribution in [-0.2, 0) is 6.42 Å². The molecule has 0 aromatic heterocycles. The molecule has 1 radical (unpaired) electrons. The predicted octanol–water partition coefficient (Wildman–Crippen LogP) is 2.05. The smallest absolute Gasteiger partial charge is 0.251 e. The molecular weight excluding hydrogens is 252 g/mol. The van der Waals surface area contributed by atoms with Gasteiger partial charge in [0.1, 0.15) is 5.75 Å². The average Bonchev–Trinajstić information content (AvgIpc) is 2.48. The van der Waals surface area contributed by atoms with Crippen LogP contribution in [0.15, 0.2) is 42.5 Å². The van der Waals surface area contributed by atoms with E-state index >= 15 is 0 Å². The van der Waals surface area contributed by atoms with Crippen molar-refractivity contribution in [1.29, 1.82) is 0 Å². The highest BCUT2D eigenvalue weighted by Crippen LogP contribution is 2.11. The van der Waals surface area contributed by atoms with Crippen LogP contribution >= 0.6 is 0 Å². The van der Waals surface area contributed by atoms with Crippen molar-refractivity contribution < 1.29 is 9.53 Å². The van der Waals surface area contributed by atoms with E-state index in [0.29, 0.717) is 17.8 Å². The number of carbonyl (C=O) groups is 1. The molecule has 0 bridgehead atoms. The molecule has 4 heteroatoms. The van der Waals surface area contributed by atoms with Crippen LogP contribution in [0.1, 0.15) is 15.9 Å². The Labute approximate surface area is 118 Å². The maximum atomic E-state index is 11.9. The van der Waals surface area contributed by atoms with Crippen LogP contribution in [0.4, 0.5) is 5.69 Å². The van der Waals surface area contributed by atoms with Crippen LogP contribution in [0.25, 0.3) is 0 Å². The first-order chi connectivity index (χ1) is 9.69. The molecule has 103 valence electrons. The molecule has 0 saturated carbocycles. The van der Waals surface area contributed by atoms with Gasteiger partial charge in [0.2, 0.25) is 0 Å². The largest absolute Gasteiger partial charge is 0.497 e. The quantitative estimate of drug-likeness (QED) is 0.816. The Hall–Kier alpha value is -2.49. The number of benzene rings is 2. The Kier molecular flexibility index (Phi) is 4.60. The van der Waals surface area contributed by atoms with Gasteiger partial charge in [-0.05, 0) is 48.4 Å². The zero-order chi connectivity index (χ0) is 14.4. The summed E-state index contributed by atoms with van der Waals surface area (Å²) in [6.07, 6.45) is 0.766. The molecule has 0 aliphatic heterocycles. The number of rotatable bonds is 5. The number of amides is 1. The summed E-state index contributed by atoms with van der Waals surface area (Å²) in [6.45, 7) is 0.569. The molecule has 0 fully saturated rings. The monoisotopic (exact) mass is 269 g/mol. The third kappa shape index (κ3) is 3.75. The van der Waals surface area contributed by atoms with Gasteiger partial charge in [0, 0.05) is 17.8 Å². The Morgan fingerprint density at radius 2 is 2.05 bits per heavy atom. The number of carbonyl (C=O) groups excluding carboxylic acids is 1. The van der Waals surface area contributed by atoms with Crippen LogP contribution in [0.5, 0.6) is 5.75 Å². The molecule has 20 heavy (non-hydrogen) atoms. The number of hydrogen-bond acceptors (Lipinski definition) is 3. The lowest BCUT2D eigenvalue weighted by Gasteiger charge is -2.06. The predicted molar refractivity (Wildman–Crippen MR) is 78.7 cm³/mol. The van der Waals surface area contributed by atoms with Crippen LogP contribution in [-0.4, -0.2) is 19.6 Å². The maximum absolute atomic E-state index is 11.9. The van der Waals surface area contributed by atoms with Gasteiger partial charge < -0.3 is 15.8 Å². The Bertz CT molecular complexity index is 579. The Balaban J connectivity index is 1.84. The molecule has 2 aromatic carbocycles. The molecule has 4 nitrogen and oxygen atoms in total. The molecule has 0 aliphatic rings. The van der Waals surface area contributed by atoms with Gasteiger partial charge in [0.25, 0.3) is 5.91 Å². The lowest BCUT2D eigenvalue weighted by Crippen LogP contribution is -2.25. The molecule has 0 atom stereocenters. The fourth-order valence-corrected chi connectivity index (χ4v) is 1.84. The summed E-state index contributed by atoms with van der Waals surface area (Å²) in [6, 6.07) is 15.5. The van der Waals surface area contributed by atoms with Crippen molar-refractivity contribution >= 4 is 11.6 Å². The standard InChI is InChI=1S/C16H17N2O2/c1-20-15-7-5-12(6-8-15)9-10-18-16(19)13-3-2-4-14(17)11-13/h3-8,11H,9-10,17H2,1H3,(H,18,19). The van der Waals surface area contributed by atoms with Gasteiger partial charge in [-0.2, -0.15) is 0 Å². The molecule has 0 saturated heterocycles. The minimum absolute atomic E-state index is 0.137. The molecule has 3 N–H and O–H groups in total. The van der Waals surface area contributed by atoms with Gasteiger partial charge in [-0.25, -0.2) is 0 Å². The average molecular weight is 269 g/mol. The van der Waals surface area contributed by atoms with E-state index < -0.39 is 0 Å². The number of nitrogen functional groups attached to an aromatic ring is 1. The highest BCUT2D eigenvalue weighted by molar-refractivity contribution is 5.94. The van der Waals surface area contributed by atoms with Crippen molar-refractivity contribution in [2.45, 2.75) is 6.42 Å². The fourth-order valence-electron chi connectivity index (χ4n) is 1.84. The minimum Gasteiger partial charge on any atom is -0.497 e. The summed E-state index contributed by atoms with van der Waals surface area (Å²) >= 11 is 0. The van der Waals surface area contributed by atoms with Crippen molar-refractivity contribution in [1.82, 2.24) is 5.32 Å². The van der Waals surface area contributed by atoms with E-state index in [9.17, 15) is 4.79 Å². The van der Waals surface area contributed by atoms with Crippen molar-refractivity contribution in [3.05, 3.63) is 59.7 Å². The van der Waals surface area contributed by atoms with Gasteiger partial charge in [0.05, 0.1) is 7.11 Å². The summed E-state index contributed by atoms with van der Waals surface area (Å²) in [5.74, 6) is 0.690. The van der Waals surface area contributed by atoms with E-state index in [1.165, 1.54) is 0 Å². The zero-order valence-corrected chi connectivity index (χ0v) is 11.3. The molecular formula is C16H17N2O2. The van der Waals surface area contributed by atoms with Gasteiger partial charge in [0.15, 0.2) is 0 Å². The summed E-state index contributed by atoms with van der Waals surface area (Å²) in [4.78, 5) is 11.9. The van der Waals surface area contributed by atoms with Crippen LogP contribution in [0.3, 0.4) is 0 Å². The van der Waals surface area contributed by atoms with E-state index in [2.05, 4.69) is 11.4 Å². The van der Waals surface area contributed by atoms with Crippen LogP contribution in [0.2, 0.25) is 0 Å². The number of nitrogens with two attached hydrogens (primary N) is 1. The topological polar surface area (TPSA) is 64.3 Å². The molecule has 1 amide bonds. The first-order valence-corrected chi connectivity index (χ1v) is 6.37. The summed E-state index contributed by atoms with van der Waals surface area (Å²) in [7, 11) is 1.64. The first-order valence-electron chi connectivity index (χ1n) is 6.37. The lowest BCUT2D eigenvalue weighted by atomic mass is 10.1. The molecule has 2 aromatic rings. The number of hydrogen-bond donors (Lipinski definition) is 2.